The Labute approximate surface area is 169 Å². The van der Waals surface area contributed by atoms with Gasteiger partial charge in [-0.1, -0.05) is 29.8 Å². The van der Waals surface area contributed by atoms with Gasteiger partial charge in [0.05, 0.1) is 5.69 Å². The van der Waals surface area contributed by atoms with Gasteiger partial charge < -0.3 is 15.1 Å². The summed E-state index contributed by atoms with van der Waals surface area (Å²) in [5.41, 5.74) is 3.95. The summed E-state index contributed by atoms with van der Waals surface area (Å²) in [6, 6.07) is 18.4. The molecule has 1 aliphatic heterocycles. The third-order valence-electron chi connectivity index (χ3n) is 5.08. The van der Waals surface area contributed by atoms with Crippen molar-refractivity contribution >= 4 is 23.0 Å². The molecule has 5 nitrogen and oxygen atoms in total. The molecule has 3 aromatic rings. The fourth-order valence-corrected chi connectivity index (χ4v) is 3.45. The number of amides is 1. The number of halogens is 1. The fourth-order valence-electron chi connectivity index (χ4n) is 3.45. The van der Waals surface area contributed by atoms with Crippen molar-refractivity contribution in [3.05, 3.63) is 83.9 Å². The number of nitrogens with zero attached hydrogens (tertiary/aromatic N) is 3. The molecule has 148 valence electrons. The van der Waals surface area contributed by atoms with Crippen LogP contribution in [-0.4, -0.2) is 42.0 Å². The van der Waals surface area contributed by atoms with Crippen LogP contribution < -0.4 is 10.2 Å². The molecule has 0 aliphatic carbocycles. The zero-order chi connectivity index (χ0) is 20.2. The van der Waals surface area contributed by atoms with E-state index in [9.17, 15) is 9.18 Å². The molecule has 0 saturated carbocycles. The van der Waals surface area contributed by atoms with Gasteiger partial charge in [-0.05, 0) is 43.3 Å². The number of benzene rings is 2. The number of hydrogen-bond donors (Lipinski definition) is 1. The number of pyridine rings is 1. The Hall–Kier alpha value is -3.41. The van der Waals surface area contributed by atoms with Crippen LogP contribution in [0.4, 0.5) is 21.5 Å². The minimum atomic E-state index is -0.233. The lowest BCUT2D eigenvalue weighted by molar-refractivity contribution is 0.0741. The van der Waals surface area contributed by atoms with E-state index < -0.39 is 0 Å². The van der Waals surface area contributed by atoms with Gasteiger partial charge in [-0.15, -0.1) is 0 Å². The van der Waals surface area contributed by atoms with Gasteiger partial charge in [0, 0.05) is 43.8 Å². The summed E-state index contributed by atoms with van der Waals surface area (Å²) in [5, 5.41) is 3.30. The van der Waals surface area contributed by atoms with Gasteiger partial charge in [0.2, 0.25) is 0 Å². The summed E-state index contributed by atoms with van der Waals surface area (Å²) in [4.78, 5) is 20.9. The zero-order valence-electron chi connectivity index (χ0n) is 16.3. The van der Waals surface area contributed by atoms with E-state index in [2.05, 4.69) is 10.3 Å². The van der Waals surface area contributed by atoms with Crippen LogP contribution >= 0.6 is 0 Å². The van der Waals surface area contributed by atoms with E-state index in [0.29, 0.717) is 37.6 Å². The van der Waals surface area contributed by atoms with Crippen molar-refractivity contribution in [2.24, 2.45) is 0 Å². The minimum Gasteiger partial charge on any atom is -0.366 e. The zero-order valence-corrected chi connectivity index (χ0v) is 16.3. The standard InChI is InChI=1S/C23H23FN4O/c1-17-6-8-18(9-7-17)26-19-10-11-25-21(16-19)23(29)28-14-12-27(13-15-28)22-5-3-2-4-20(22)24/h2-11,16H,12-15H2,1H3,(H,25,26). The maximum absolute atomic E-state index is 14.0. The molecule has 6 heteroatoms. The highest BCUT2D eigenvalue weighted by atomic mass is 19.1. The van der Waals surface area contributed by atoms with E-state index in [4.69, 9.17) is 0 Å². The molecular weight excluding hydrogens is 367 g/mol. The van der Waals surface area contributed by atoms with Crippen LogP contribution in [0.25, 0.3) is 0 Å². The molecular formula is C23H23FN4O. The van der Waals surface area contributed by atoms with Crippen molar-refractivity contribution in [2.45, 2.75) is 6.92 Å². The number of nitrogens with one attached hydrogen (secondary N) is 1. The molecule has 1 N–H and O–H groups in total. The van der Waals surface area contributed by atoms with Gasteiger partial charge in [0.25, 0.3) is 5.91 Å². The molecule has 1 amide bonds. The van der Waals surface area contributed by atoms with Crippen LogP contribution in [0.1, 0.15) is 16.1 Å². The summed E-state index contributed by atoms with van der Waals surface area (Å²) < 4.78 is 14.0. The molecule has 2 heterocycles. The van der Waals surface area contributed by atoms with E-state index in [1.54, 1.807) is 29.3 Å². The Bertz CT molecular complexity index is 998. The number of para-hydroxylation sites is 1. The number of aromatic nitrogens is 1. The summed E-state index contributed by atoms with van der Waals surface area (Å²) in [7, 11) is 0. The van der Waals surface area contributed by atoms with Crippen molar-refractivity contribution in [3.63, 3.8) is 0 Å². The van der Waals surface area contributed by atoms with Crippen LogP contribution in [0.2, 0.25) is 0 Å². The quantitative estimate of drug-likeness (QED) is 0.724. The second-order valence-corrected chi connectivity index (χ2v) is 7.15. The maximum Gasteiger partial charge on any atom is 0.272 e. The Morgan fingerprint density at radius 1 is 0.966 bits per heavy atom. The molecule has 0 bridgehead atoms. The first-order chi connectivity index (χ1) is 14.1. The topological polar surface area (TPSA) is 48.5 Å². The molecule has 1 saturated heterocycles. The van der Waals surface area contributed by atoms with Gasteiger partial charge in [0.15, 0.2) is 0 Å². The second kappa shape index (κ2) is 8.31. The van der Waals surface area contributed by atoms with Crippen molar-refractivity contribution in [2.75, 3.05) is 36.4 Å². The van der Waals surface area contributed by atoms with Crippen molar-refractivity contribution in [3.8, 4) is 0 Å². The molecule has 0 atom stereocenters. The molecule has 0 radical (unpaired) electrons. The van der Waals surface area contributed by atoms with Gasteiger partial charge in [-0.25, -0.2) is 4.39 Å². The Morgan fingerprint density at radius 2 is 1.69 bits per heavy atom. The first kappa shape index (κ1) is 18.9. The smallest absolute Gasteiger partial charge is 0.272 e. The van der Waals surface area contributed by atoms with Crippen LogP contribution in [0.3, 0.4) is 0 Å². The van der Waals surface area contributed by atoms with Gasteiger partial charge >= 0.3 is 0 Å². The highest BCUT2D eigenvalue weighted by molar-refractivity contribution is 5.93. The number of carbonyl (C=O) groups is 1. The number of rotatable bonds is 4. The van der Waals surface area contributed by atoms with E-state index in [0.717, 1.165) is 11.4 Å². The van der Waals surface area contributed by atoms with Gasteiger partial charge in [-0.2, -0.15) is 0 Å². The fraction of sp³-hybridized carbons (Fsp3) is 0.217. The molecule has 0 spiro atoms. The lowest BCUT2D eigenvalue weighted by atomic mass is 10.2. The summed E-state index contributed by atoms with van der Waals surface area (Å²) >= 11 is 0. The highest BCUT2D eigenvalue weighted by Crippen LogP contribution is 2.22. The predicted molar refractivity (Wildman–Crippen MR) is 113 cm³/mol. The molecule has 1 aliphatic rings. The van der Waals surface area contributed by atoms with Crippen LogP contribution in [-0.2, 0) is 0 Å². The van der Waals surface area contributed by atoms with Gasteiger partial charge in [0.1, 0.15) is 11.5 Å². The molecule has 29 heavy (non-hydrogen) atoms. The summed E-state index contributed by atoms with van der Waals surface area (Å²) in [6.07, 6.45) is 1.64. The summed E-state index contributed by atoms with van der Waals surface area (Å²) in [5.74, 6) is -0.338. The number of piperazine rings is 1. The normalized spacial score (nSPS) is 14.0. The van der Waals surface area contributed by atoms with Crippen LogP contribution in [0.15, 0.2) is 66.9 Å². The third-order valence-corrected chi connectivity index (χ3v) is 5.08. The Kier molecular flexibility index (Phi) is 5.42. The van der Waals surface area contributed by atoms with E-state index in [1.807, 2.05) is 48.2 Å². The first-order valence-corrected chi connectivity index (χ1v) is 9.69. The largest absolute Gasteiger partial charge is 0.366 e. The number of anilines is 3. The SMILES string of the molecule is Cc1ccc(Nc2ccnc(C(=O)N3CCN(c4ccccc4F)CC3)c2)cc1. The van der Waals surface area contributed by atoms with Crippen molar-refractivity contribution in [1.29, 1.82) is 0 Å². The number of carbonyl (C=O) groups excluding carboxylic acids is 1. The Balaban J connectivity index is 1.41. The molecule has 0 unspecified atom stereocenters. The van der Waals surface area contributed by atoms with Gasteiger partial charge in [-0.3, -0.25) is 9.78 Å². The van der Waals surface area contributed by atoms with E-state index in [1.165, 1.54) is 11.6 Å². The lowest BCUT2D eigenvalue weighted by Crippen LogP contribution is -2.49. The lowest BCUT2D eigenvalue weighted by Gasteiger charge is -2.36. The van der Waals surface area contributed by atoms with Crippen LogP contribution in [0.5, 0.6) is 0 Å². The van der Waals surface area contributed by atoms with Crippen LogP contribution in [0, 0.1) is 12.7 Å². The minimum absolute atomic E-state index is 0.106. The predicted octanol–water partition coefficient (Wildman–Crippen LogP) is 4.24. The Morgan fingerprint density at radius 3 is 2.41 bits per heavy atom. The number of hydrogen-bond acceptors (Lipinski definition) is 4. The second-order valence-electron chi connectivity index (χ2n) is 7.15. The summed E-state index contributed by atoms with van der Waals surface area (Å²) in [6.45, 7) is 4.29. The van der Waals surface area contributed by atoms with Crippen molar-refractivity contribution in [1.82, 2.24) is 9.88 Å². The molecule has 1 aromatic heterocycles. The average Bonchev–Trinajstić information content (AvgIpc) is 2.76. The first-order valence-electron chi connectivity index (χ1n) is 9.69. The van der Waals surface area contributed by atoms with E-state index >= 15 is 0 Å². The van der Waals surface area contributed by atoms with E-state index in [-0.39, 0.29) is 11.7 Å². The molecule has 2 aromatic carbocycles. The maximum atomic E-state index is 14.0. The molecule has 4 rings (SSSR count). The van der Waals surface area contributed by atoms with Crippen molar-refractivity contribution < 1.29 is 9.18 Å². The monoisotopic (exact) mass is 390 g/mol. The third kappa shape index (κ3) is 4.37. The molecule has 1 fully saturated rings. The number of aryl methyl sites for hydroxylation is 1. The average molecular weight is 390 g/mol. The highest BCUT2D eigenvalue weighted by Gasteiger charge is 2.24.